The summed E-state index contributed by atoms with van der Waals surface area (Å²) < 4.78 is 12.1. The fourth-order valence-electron chi connectivity index (χ4n) is 1.87. The molecule has 0 aromatic carbocycles. The van der Waals surface area contributed by atoms with Gasteiger partial charge in [-0.3, -0.25) is 4.21 Å². The second kappa shape index (κ2) is 5.89. The van der Waals surface area contributed by atoms with Crippen LogP contribution in [0.3, 0.4) is 0 Å². The Balaban J connectivity index is 2.01. The fraction of sp³-hybridized carbons (Fsp3) is 0.636. The maximum Gasteiger partial charge on any atom is 0.219 e. The highest BCUT2D eigenvalue weighted by Gasteiger charge is 2.18. The smallest absolute Gasteiger partial charge is 0.219 e. The molecule has 1 aliphatic rings. The van der Waals surface area contributed by atoms with Gasteiger partial charge in [-0.25, -0.2) is 9.97 Å². The summed E-state index contributed by atoms with van der Waals surface area (Å²) >= 11 is 5.90. The Labute approximate surface area is 109 Å². The summed E-state index contributed by atoms with van der Waals surface area (Å²) in [5.41, 5.74) is 0.812. The van der Waals surface area contributed by atoms with E-state index in [-0.39, 0.29) is 0 Å². The van der Waals surface area contributed by atoms with Crippen molar-refractivity contribution in [2.75, 3.05) is 18.8 Å². The van der Waals surface area contributed by atoms with Crippen molar-refractivity contribution in [3.05, 3.63) is 16.9 Å². The number of hydrogen-bond donors (Lipinski definition) is 1. The van der Waals surface area contributed by atoms with Crippen molar-refractivity contribution < 1.29 is 4.21 Å². The van der Waals surface area contributed by atoms with E-state index in [4.69, 9.17) is 11.6 Å². The molecule has 0 unspecified atom stereocenters. The molecule has 0 amide bonds. The lowest BCUT2D eigenvalue weighted by Gasteiger charge is -2.21. The molecule has 17 heavy (non-hydrogen) atoms. The van der Waals surface area contributed by atoms with Gasteiger partial charge in [-0.05, 0) is 38.8 Å². The molecule has 1 aromatic rings. The summed E-state index contributed by atoms with van der Waals surface area (Å²) in [5, 5.41) is 4.06. The van der Waals surface area contributed by atoms with E-state index in [9.17, 15) is 4.21 Å². The highest BCUT2D eigenvalue weighted by Crippen LogP contribution is 2.16. The zero-order valence-corrected chi connectivity index (χ0v) is 11.4. The fourth-order valence-corrected chi connectivity index (χ4v) is 3.27. The van der Waals surface area contributed by atoms with Crippen LogP contribution < -0.4 is 5.32 Å². The van der Waals surface area contributed by atoms with Crippen molar-refractivity contribution in [3.63, 3.8) is 0 Å². The first kappa shape index (κ1) is 12.9. The predicted octanol–water partition coefficient (Wildman–Crippen LogP) is 1.55. The highest BCUT2D eigenvalue weighted by atomic mass is 35.5. The minimum atomic E-state index is -1.15. The zero-order valence-electron chi connectivity index (χ0n) is 9.78. The molecule has 94 valence electrons. The monoisotopic (exact) mass is 273 g/mol. The SMILES string of the molecule is Cc1cnc([S@](=O)C[C@H]2CCCNC2)nc1Cl. The molecule has 2 rings (SSSR count). The summed E-state index contributed by atoms with van der Waals surface area (Å²) in [6.45, 7) is 3.83. The Bertz CT molecular complexity index is 421. The lowest BCUT2D eigenvalue weighted by Crippen LogP contribution is -2.32. The lowest BCUT2D eigenvalue weighted by atomic mass is 10.0. The molecule has 6 heteroatoms. The third kappa shape index (κ3) is 3.47. The van der Waals surface area contributed by atoms with Crippen molar-refractivity contribution in [1.29, 1.82) is 0 Å². The molecule has 1 aromatic heterocycles. The van der Waals surface area contributed by atoms with E-state index >= 15 is 0 Å². The van der Waals surface area contributed by atoms with Gasteiger partial charge in [0.2, 0.25) is 5.16 Å². The maximum atomic E-state index is 12.1. The van der Waals surface area contributed by atoms with Gasteiger partial charge in [-0.1, -0.05) is 11.6 Å². The van der Waals surface area contributed by atoms with Gasteiger partial charge in [0.25, 0.3) is 0 Å². The number of aromatic nitrogens is 2. The molecular formula is C11H16ClN3OS. The first-order chi connectivity index (χ1) is 8.16. The van der Waals surface area contributed by atoms with Crippen molar-refractivity contribution >= 4 is 22.4 Å². The van der Waals surface area contributed by atoms with Crippen molar-refractivity contribution in [2.45, 2.75) is 24.9 Å². The van der Waals surface area contributed by atoms with Gasteiger partial charge in [0.05, 0.1) is 10.8 Å². The average Bonchev–Trinajstić information content (AvgIpc) is 2.34. The summed E-state index contributed by atoms with van der Waals surface area (Å²) in [6.07, 6.45) is 3.90. The Hall–Kier alpha value is -0.520. The third-order valence-electron chi connectivity index (χ3n) is 2.88. The summed E-state index contributed by atoms with van der Waals surface area (Å²) in [4.78, 5) is 8.16. The summed E-state index contributed by atoms with van der Waals surface area (Å²) in [5.74, 6) is 1.07. The van der Waals surface area contributed by atoms with E-state index in [0.29, 0.717) is 22.0 Å². The van der Waals surface area contributed by atoms with Crippen molar-refractivity contribution in [2.24, 2.45) is 5.92 Å². The highest BCUT2D eigenvalue weighted by molar-refractivity contribution is 7.84. The molecule has 2 atom stereocenters. The molecule has 2 heterocycles. The molecule has 4 nitrogen and oxygen atoms in total. The normalized spacial score (nSPS) is 22.4. The number of aryl methyl sites for hydroxylation is 1. The van der Waals surface area contributed by atoms with Crippen LogP contribution in [0.15, 0.2) is 11.4 Å². The second-order valence-corrected chi connectivity index (χ2v) is 6.10. The number of nitrogens with one attached hydrogen (secondary N) is 1. The quantitative estimate of drug-likeness (QED) is 0.671. The number of piperidine rings is 1. The Morgan fingerprint density at radius 2 is 2.47 bits per heavy atom. The minimum absolute atomic E-state index is 0.353. The second-order valence-electron chi connectivity index (χ2n) is 4.35. The average molecular weight is 274 g/mol. The van der Waals surface area contributed by atoms with Crippen LogP contribution in [0.2, 0.25) is 5.15 Å². The van der Waals surface area contributed by atoms with E-state index in [2.05, 4.69) is 15.3 Å². The van der Waals surface area contributed by atoms with Gasteiger partial charge in [-0.2, -0.15) is 0 Å². The molecule has 0 saturated carbocycles. The van der Waals surface area contributed by atoms with E-state index in [1.165, 1.54) is 0 Å². The first-order valence-electron chi connectivity index (χ1n) is 5.75. The van der Waals surface area contributed by atoms with E-state index < -0.39 is 10.8 Å². The molecule has 1 saturated heterocycles. The van der Waals surface area contributed by atoms with Gasteiger partial charge < -0.3 is 5.32 Å². The topological polar surface area (TPSA) is 54.9 Å². The van der Waals surface area contributed by atoms with Gasteiger partial charge in [-0.15, -0.1) is 0 Å². The Morgan fingerprint density at radius 3 is 3.12 bits per heavy atom. The van der Waals surface area contributed by atoms with E-state index in [0.717, 1.165) is 31.5 Å². The summed E-state index contributed by atoms with van der Waals surface area (Å²) in [7, 11) is -1.15. The van der Waals surface area contributed by atoms with Gasteiger partial charge in [0, 0.05) is 17.5 Å². The number of hydrogen-bond acceptors (Lipinski definition) is 4. The van der Waals surface area contributed by atoms with Crippen molar-refractivity contribution in [1.82, 2.24) is 15.3 Å². The largest absolute Gasteiger partial charge is 0.316 e. The molecule has 1 fully saturated rings. The molecule has 0 bridgehead atoms. The molecule has 1 aliphatic heterocycles. The third-order valence-corrected chi connectivity index (χ3v) is 4.64. The molecule has 0 aliphatic carbocycles. The molecule has 1 N–H and O–H groups in total. The number of nitrogens with zero attached hydrogens (tertiary/aromatic N) is 2. The van der Waals surface area contributed by atoms with Crippen LogP contribution in [-0.2, 0) is 10.8 Å². The van der Waals surface area contributed by atoms with E-state index in [1.54, 1.807) is 6.20 Å². The number of rotatable bonds is 3. The van der Waals surface area contributed by atoms with Gasteiger partial charge >= 0.3 is 0 Å². The number of halogens is 1. The Morgan fingerprint density at radius 1 is 1.65 bits per heavy atom. The first-order valence-corrected chi connectivity index (χ1v) is 7.44. The van der Waals surface area contributed by atoms with Crippen molar-refractivity contribution in [3.8, 4) is 0 Å². The molecular weight excluding hydrogens is 258 g/mol. The standard InChI is InChI=1S/C11H16ClN3OS/c1-8-5-14-11(15-10(8)12)17(16)7-9-3-2-4-13-6-9/h5,9,13H,2-4,6-7H2,1H3/t9-,17+/m0/s1. The van der Waals surface area contributed by atoms with Gasteiger partial charge in [0.15, 0.2) is 0 Å². The minimum Gasteiger partial charge on any atom is -0.316 e. The predicted molar refractivity (Wildman–Crippen MR) is 68.6 cm³/mol. The van der Waals surface area contributed by atoms with Crippen LogP contribution in [-0.4, -0.2) is 33.0 Å². The maximum absolute atomic E-state index is 12.1. The molecule has 0 spiro atoms. The molecule has 0 radical (unpaired) electrons. The lowest BCUT2D eigenvalue weighted by molar-refractivity contribution is 0.407. The van der Waals surface area contributed by atoms with E-state index in [1.807, 2.05) is 6.92 Å². The Kier molecular flexibility index (Phi) is 4.48. The zero-order chi connectivity index (χ0) is 12.3. The summed E-state index contributed by atoms with van der Waals surface area (Å²) in [6, 6.07) is 0. The van der Waals surface area contributed by atoms with Crippen LogP contribution in [0.1, 0.15) is 18.4 Å². The van der Waals surface area contributed by atoms with Crippen LogP contribution in [0.4, 0.5) is 0 Å². The van der Waals surface area contributed by atoms with Crippen LogP contribution >= 0.6 is 11.6 Å². The van der Waals surface area contributed by atoms with Crippen LogP contribution in [0.5, 0.6) is 0 Å². The van der Waals surface area contributed by atoms with Crippen LogP contribution in [0, 0.1) is 12.8 Å². The van der Waals surface area contributed by atoms with Crippen LogP contribution in [0.25, 0.3) is 0 Å². The van der Waals surface area contributed by atoms with Gasteiger partial charge in [0.1, 0.15) is 5.15 Å².